The molecule has 4 aliphatic carbocycles. The van der Waals surface area contributed by atoms with Crippen LogP contribution >= 0.6 is 0 Å². The Morgan fingerprint density at radius 2 is 1.78 bits per heavy atom. The number of rotatable bonds is 15. The molecule has 5 rings (SSSR count). The van der Waals surface area contributed by atoms with E-state index in [2.05, 4.69) is 24.2 Å². The number of nitrogens with zero attached hydrogens (tertiary/aromatic N) is 1. The molecular weight excluding hydrogens is 656 g/mol. The molecule has 0 radical (unpaired) electrons. The number of esters is 1. The highest BCUT2D eigenvalue weighted by atomic mass is 16.5. The number of nitrogens with one attached hydrogen (secondary N) is 1. The van der Waals surface area contributed by atoms with E-state index in [0.29, 0.717) is 51.0 Å². The number of guanidine groups is 1. The number of aliphatic hydroxyl groups excluding tert-OH is 1. The molecule has 4 aliphatic rings. The van der Waals surface area contributed by atoms with Crippen molar-refractivity contribution in [3.05, 3.63) is 34.4 Å². The van der Waals surface area contributed by atoms with Crippen LogP contribution < -0.4 is 22.4 Å². The van der Waals surface area contributed by atoms with Gasteiger partial charge in [-0.3, -0.25) is 14.6 Å². The minimum Gasteiger partial charge on any atom is -0.480 e. The molecule has 8 N–H and O–H groups in total. The maximum atomic E-state index is 12.8. The van der Waals surface area contributed by atoms with E-state index in [1.54, 1.807) is 6.07 Å². The zero-order valence-electron chi connectivity index (χ0n) is 30.2. The lowest BCUT2D eigenvalue weighted by Gasteiger charge is -2.65. The lowest BCUT2D eigenvalue weighted by Crippen LogP contribution is -2.66. The van der Waals surface area contributed by atoms with Crippen LogP contribution in [0.5, 0.6) is 0 Å². The summed E-state index contributed by atoms with van der Waals surface area (Å²) in [6.45, 7) is 4.68. The van der Waals surface area contributed by atoms with Gasteiger partial charge in [0.15, 0.2) is 5.96 Å². The van der Waals surface area contributed by atoms with Gasteiger partial charge in [-0.05, 0) is 118 Å². The third-order valence-electron chi connectivity index (χ3n) is 13.3. The van der Waals surface area contributed by atoms with Crippen molar-refractivity contribution in [3.8, 4) is 0 Å². The van der Waals surface area contributed by atoms with Crippen LogP contribution in [0.2, 0.25) is 0 Å². The van der Waals surface area contributed by atoms with Gasteiger partial charge in [0.2, 0.25) is 5.91 Å². The zero-order chi connectivity index (χ0) is 37.0. The van der Waals surface area contributed by atoms with E-state index in [9.17, 15) is 34.5 Å². The second-order valence-corrected chi connectivity index (χ2v) is 16.2. The first-order chi connectivity index (χ1) is 24.2. The number of hydrogen-bond acceptors (Lipinski definition) is 9. The van der Waals surface area contributed by atoms with Gasteiger partial charge in [-0.1, -0.05) is 26.7 Å². The fourth-order valence-electron chi connectivity index (χ4n) is 10.7. The minimum atomic E-state index is -1.10. The molecule has 0 spiro atoms. The van der Waals surface area contributed by atoms with Crippen molar-refractivity contribution in [3.63, 3.8) is 0 Å². The maximum absolute atomic E-state index is 12.8. The Morgan fingerprint density at radius 1 is 1.04 bits per heavy atom. The summed E-state index contributed by atoms with van der Waals surface area (Å²) in [5, 5.41) is 36.3. The van der Waals surface area contributed by atoms with Crippen molar-refractivity contribution in [1.82, 2.24) is 5.32 Å². The molecule has 0 aromatic carbocycles. The van der Waals surface area contributed by atoms with E-state index < -0.39 is 34.8 Å². The molecule has 10 atom stereocenters. The molecule has 13 nitrogen and oxygen atoms in total. The van der Waals surface area contributed by atoms with E-state index in [1.807, 2.05) is 0 Å². The molecule has 0 aliphatic heterocycles. The predicted molar refractivity (Wildman–Crippen MR) is 189 cm³/mol. The number of carbonyl (C=O) groups excluding carboxylic acids is 2. The molecule has 4 fully saturated rings. The summed E-state index contributed by atoms with van der Waals surface area (Å²) in [4.78, 5) is 52.0. The number of ether oxygens (including phenoxy) is 1. The third-order valence-corrected chi connectivity index (χ3v) is 13.3. The van der Waals surface area contributed by atoms with Crippen LogP contribution in [0.3, 0.4) is 0 Å². The van der Waals surface area contributed by atoms with Crippen LogP contribution in [0.25, 0.3) is 0 Å². The number of carboxylic acid groups (broad SMARTS) is 1. The first kappa shape index (κ1) is 38.8. The van der Waals surface area contributed by atoms with Crippen LogP contribution in [0.4, 0.5) is 0 Å². The van der Waals surface area contributed by atoms with Gasteiger partial charge in [-0.15, -0.1) is 0 Å². The average Bonchev–Trinajstić information content (AvgIpc) is 3.34. The quantitative estimate of drug-likeness (QED) is 0.0664. The molecule has 0 bridgehead atoms. The van der Waals surface area contributed by atoms with E-state index in [1.165, 1.54) is 12.3 Å². The number of aliphatic imine (C=N–C) groups is 1. The summed E-state index contributed by atoms with van der Waals surface area (Å²) in [6, 6.07) is 2.25. The van der Waals surface area contributed by atoms with Gasteiger partial charge in [0.25, 0.3) is 0 Å². The van der Waals surface area contributed by atoms with Crippen molar-refractivity contribution in [2.45, 2.75) is 146 Å². The summed E-state index contributed by atoms with van der Waals surface area (Å²) < 4.78 is 11.2. The number of carbonyl (C=O) groups is 3. The third kappa shape index (κ3) is 8.29. The van der Waals surface area contributed by atoms with Gasteiger partial charge in [0.05, 0.1) is 18.0 Å². The predicted octanol–water partition coefficient (Wildman–Crippen LogP) is 3.73. The number of hydrogen-bond donors (Lipinski definition) is 6. The first-order valence-electron chi connectivity index (χ1n) is 18.9. The number of carboxylic acids is 1. The topological polar surface area (TPSA) is 228 Å². The summed E-state index contributed by atoms with van der Waals surface area (Å²) in [6.07, 6.45) is 10.7. The van der Waals surface area contributed by atoms with Crippen molar-refractivity contribution in [2.24, 2.45) is 45.0 Å². The Balaban J connectivity index is 1.04. The largest absolute Gasteiger partial charge is 0.480 e. The number of nitrogens with two attached hydrogens (primary N) is 2. The lowest BCUT2D eigenvalue weighted by atomic mass is 9.42. The Morgan fingerprint density at radius 3 is 2.47 bits per heavy atom. The van der Waals surface area contributed by atoms with E-state index in [-0.39, 0.29) is 60.0 Å². The van der Waals surface area contributed by atoms with Crippen LogP contribution in [0.1, 0.15) is 128 Å². The summed E-state index contributed by atoms with van der Waals surface area (Å²) in [5.41, 5.74) is 9.45. The SMILES string of the molecule is CC12C[C@@H](O)[C@H]3[C@@H](CC[C@@H]4C[C@@H](OC(=O)CCCCCCC(=O)N[C@@H](CCCN=C(N)N)C(=O)O)CC[C@@]43C)[C@@]1(O)CC[C@@H]2c1ccc(=O)oc1. The molecule has 0 saturated heterocycles. The fourth-order valence-corrected chi connectivity index (χ4v) is 10.7. The van der Waals surface area contributed by atoms with Crippen LogP contribution in [0.15, 0.2) is 32.6 Å². The Hall–Kier alpha value is -3.45. The number of aliphatic hydroxyl groups is 2. The Bertz CT molecular complexity index is 1480. The monoisotopic (exact) mass is 714 g/mol. The van der Waals surface area contributed by atoms with Gasteiger partial charge in [-0.2, -0.15) is 0 Å². The second-order valence-electron chi connectivity index (χ2n) is 16.2. The number of amides is 1. The molecule has 1 unspecified atom stereocenters. The number of unbranched alkanes of at least 4 members (excludes halogenated alkanes) is 3. The maximum Gasteiger partial charge on any atom is 0.335 e. The highest BCUT2D eigenvalue weighted by Crippen LogP contribution is 2.70. The number of aliphatic carboxylic acids is 1. The van der Waals surface area contributed by atoms with Crippen LogP contribution in [0, 0.1) is 28.6 Å². The molecular formula is C38H58N4O9. The molecule has 1 amide bonds. The average molecular weight is 715 g/mol. The number of fused-ring (bicyclic) bond motifs is 5. The summed E-state index contributed by atoms with van der Waals surface area (Å²) in [7, 11) is 0. The van der Waals surface area contributed by atoms with Gasteiger partial charge >= 0.3 is 17.6 Å². The van der Waals surface area contributed by atoms with E-state index >= 15 is 0 Å². The Labute approximate surface area is 300 Å². The second kappa shape index (κ2) is 16.1. The molecule has 4 saturated carbocycles. The normalized spacial score (nSPS) is 34.7. The molecule has 51 heavy (non-hydrogen) atoms. The highest BCUT2D eigenvalue weighted by Gasteiger charge is 2.69. The van der Waals surface area contributed by atoms with Gasteiger partial charge in [0.1, 0.15) is 12.1 Å². The lowest BCUT2D eigenvalue weighted by molar-refractivity contribution is -0.240. The summed E-state index contributed by atoms with van der Waals surface area (Å²) in [5.74, 6) is -1.46. The van der Waals surface area contributed by atoms with Crippen molar-refractivity contribution < 1.29 is 38.9 Å². The van der Waals surface area contributed by atoms with Gasteiger partial charge in [-0.25, -0.2) is 9.59 Å². The van der Waals surface area contributed by atoms with Gasteiger partial charge < -0.3 is 41.3 Å². The van der Waals surface area contributed by atoms with Crippen LogP contribution in [-0.2, 0) is 19.1 Å². The van der Waals surface area contributed by atoms with Crippen LogP contribution in [-0.4, -0.2) is 69.5 Å². The Kier molecular flexibility index (Phi) is 12.2. The van der Waals surface area contributed by atoms with E-state index in [0.717, 1.165) is 56.9 Å². The van der Waals surface area contributed by atoms with Crippen molar-refractivity contribution in [1.29, 1.82) is 0 Å². The minimum absolute atomic E-state index is 0.00134. The standard InChI is InChI=1S/C38H58N4O9/c1-36-17-15-25(51-32(46)10-6-4-3-5-9-30(44)42-28(34(47)48)8-7-19-41-35(39)40)20-24(36)12-13-27-33(36)29(43)21-37(2)26(16-18-38(27,37)49)23-11-14-31(45)50-22-23/h11,14,22,24-29,33,43,49H,3-10,12-13,15-21H2,1-2H3,(H,42,44)(H,47,48)(H4,39,40,41)/t24-,25+,26-,27-,28+,29-,33-,36+,37?,38+/m1/s1. The molecule has 1 aromatic rings. The van der Waals surface area contributed by atoms with Gasteiger partial charge in [0, 0.05) is 30.9 Å². The van der Waals surface area contributed by atoms with E-state index in [4.69, 9.17) is 20.6 Å². The summed E-state index contributed by atoms with van der Waals surface area (Å²) >= 11 is 0. The van der Waals surface area contributed by atoms with Crippen molar-refractivity contribution in [2.75, 3.05) is 6.54 Å². The first-order valence-corrected chi connectivity index (χ1v) is 18.9. The van der Waals surface area contributed by atoms with Crippen molar-refractivity contribution >= 4 is 23.8 Å². The highest BCUT2D eigenvalue weighted by molar-refractivity contribution is 5.83. The molecule has 284 valence electrons. The smallest absolute Gasteiger partial charge is 0.335 e. The molecule has 13 heteroatoms. The molecule has 1 heterocycles. The molecule has 1 aromatic heterocycles. The zero-order valence-corrected chi connectivity index (χ0v) is 30.2. The fraction of sp³-hybridized carbons (Fsp3) is 0.763.